The van der Waals surface area contributed by atoms with Crippen molar-refractivity contribution in [3.8, 4) is 0 Å². The molecular weight excluding hydrogens is 302 g/mol. The third-order valence-electron chi connectivity index (χ3n) is 5.24. The second kappa shape index (κ2) is 5.72. The normalized spacial score (nSPS) is 21.3. The predicted octanol–water partition coefficient (Wildman–Crippen LogP) is 5.71. The van der Waals surface area contributed by atoms with Crippen molar-refractivity contribution in [3.63, 3.8) is 0 Å². The molecule has 0 N–H and O–H groups in total. The second-order valence-electron chi connectivity index (χ2n) is 6.76. The molecule has 0 aromatic heterocycles. The van der Waals surface area contributed by atoms with Crippen LogP contribution in [-0.2, 0) is 0 Å². The maximum Gasteiger partial charge on any atom is 0.290 e. The number of hydrogen-bond acceptors (Lipinski definition) is 2. The van der Waals surface area contributed by atoms with Gasteiger partial charge in [0.05, 0.1) is 0 Å². The van der Waals surface area contributed by atoms with Crippen LogP contribution in [0.5, 0.6) is 0 Å². The molecule has 2 aliphatic rings. The van der Waals surface area contributed by atoms with Crippen molar-refractivity contribution in [2.45, 2.75) is 42.9 Å². The van der Waals surface area contributed by atoms with Crippen LogP contribution in [0.25, 0.3) is 0 Å². The van der Waals surface area contributed by atoms with Crippen molar-refractivity contribution in [2.24, 2.45) is 0 Å². The van der Waals surface area contributed by atoms with Gasteiger partial charge in [0, 0.05) is 17.6 Å². The highest BCUT2D eigenvalue weighted by Gasteiger charge is 2.36. The Balaban J connectivity index is 1.52. The van der Waals surface area contributed by atoms with Crippen LogP contribution >= 0.6 is 11.8 Å². The lowest BCUT2D eigenvalue weighted by Gasteiger charge is -2.19. The first kappa shape index (κ1) is 14.8. The van der Waals surface area contributed by atoms with Gasteiger partial charge in [0.25, 0.3) is 5.24 Å². The lowest BCUT2D eigenvalue weighted by Crippen LogP contribution is -2.21. The number of hydrogen-bond donors (Lipinski definition) is 0. The largest absolute Gasteiger partial charge is 0.306 e. The number of thioether (sulfide) groups is 1. The Labute approximate surface area is 141 Å². The summed E-state index contributed by atoms with van der Waals surface area (Å²) in [7, 11) is 1.85. The smallest absolute Gasteiger partial charge is 0.290 e. The molecule has 0 radical (unpaired) electrons. The number of fused-ring (bicyclic) bond motifs is 5. The summed E-state index contributed by atoms with van der Waals surface area (Å²) >= 11 is 1.33. The van der Waals surface area contributed by atoms with E-state index in [-0.39, 0.29) is 5.24 Å². The number of carbonyl (C=O) groups excluding carboxylic acids is 1. The van der Waals surface area contributed by atoms with Gasteiger partial charge in [-0.1, -0.05) is 18.2 Å². The molecule has 23 heavy (non-hydrogen) atoms. The summed E-state index contributed by atoms with van der Waals surface area (Å²) in [6.45, 7) is 2.05. The zero-order chi connectivity index (χ0) is 16.0. The van der Waals surface area contributed by atoms with Crippen LogP contribution in [-0.4, -0.2) is 12.3 Å². The molecule has 1 amide bonds. The fourth-order valence-electron chi connectivity index (χ4n) is 4.00. The molecule has 0 saturated heterocycles. The van der Waals surface area contributed by atoms with Gasteiger partial charge in [-0.15, -0.1) is 0 Å². The second-order valence-corrected chi connectivity index (χ2v) is 7.79. The predicted molar refractivity (Wildman–Crippen MR) is 96.6 cm³/mol. The van der Waals surface area contributed by atoms with E-state index >= 15 is 0 Å². The average Bonchev–Trinajstić information content (AvgIpc) is 3.16. The van der Waals surface area contributed by atoms with Gasteiger partial charge in [-0.2, -0.15) is 0 Å². The molecule has 2 unspecified atom stereocenters. The average molecular weight is 323 g/mol. The molecule has 0 heterocycles. The van der Waals surface area contributed by atoms with Crippen LogP contribution in [0.15, 0.2) is 47.4 Å². The summed E-state index contributed by atoms with van der Waals surface area (Å²) in [6, 6.07) is 14.7. The fraction of sp³-hybridized carbons (Fsp3) is 0.350. The summed E-state index contributed by atoms with van der Waals surface area (Å²) in [5.41, 5.74) is 5.14. The number of aryl methyl sites for hydroxylation is 1. The van der Waals surface area contributed by atoms with Gasteiger partial charge in [-0.3, -0.25) is 4.79 Å². The first-order valence-electron chi connectivity index (χ1n) is 8.28. The van der Waals surface area contributed by atoms with Crippen molar-refractivity contribution in [3.05, 3.63) is 59.2 Å². The molecule has 4 rings (SSSR count). The SMILES string of the molecule is Cc1cccc(N(C)C(=O)Sc2ccc3c(c2)C2CCC3C2)c1. The van der Waals surface area contributed by atoms with Crippen molar-refractivity contribution in [1.29, 1.82) is 0 Å². The molecule has 0 spiro atoms. The molecular formula is C20H21NOS. The lowest BCUT2D eigenvalue weighted by atomic mass is 9.92. The minimum atomic E-state index is 0.0682. The van der Waals surface area contributed by atoms with Crippen LogP contribution in [0.3, 0.4) is 0 Å². The number of benzene rings is 2. The third kappa shape index (κ3) is 2.67. The monoisotopic (exact) mass is 323 g/mol. The van der Waals surface area contributed by atoms with Gasteiger partial charge < -0.3 is 4.90 Å². The van der Waals surface area contributed by atoms with E-state index in [2.05, 4.69) is 18.2 Å². The summed E-state index contributed by atoms with van der Waals surface area (Å²) in [4.78, 5) is 15.4. The molecule has 2 aromatic rings. The molecule has 2 bridgehead atoms. The van der Waals surface area contributed by atoms with Crippen molar-refractivity contribution < 1.29 is 4.79 Å². The van der Waals surface area contributed by atoms with Crippen LogP contribution in [0.4, 0.5) is 10.5 Å². The highest BCUT2D eigenvalue weighted by molar-refractivity contribution is 8.13. The Morgan fingerprint density at radius 1 is 1.09 bits per heavy atom. The van der Waals surface area contributed by atoms with E-state index in [1.165, 1.54) is 47.7 Å². The molecule has 2 atom stereocenters. The molecule has 0 aliphatic heterocycles. The van der Waals surface area contributed by atoms with Gasteiger partial charge >= 0.3 is 0 Å². The van der Waals surface area contributed by atoms with E-state index in [4.69, 9.17) is 0 Å². The first-order valence-corrected chi connectivity index (χ1v) is 9.09. The van der Waals surface area contributed by atoms with Crippen molar-refractivity contribution >= 4 is 22.7 Å². The number of rotatable bonds is 2. The van der Waals surface area contributed by atoms with Gasteiger partial charge in [0.15, 0.2) is 0 Å². The number of anilines is 1. The first-order chi connectivity index (χ1) is 11.1. The Hall–Kier alpha value is -1.74. The van der Waals surface area contributed by atoms with Gasteiger partial charge in [-0.25, -0.2) is 0 Å². The number of carbonyl (C=O) groups is 1. The molecule has 118 valence electrons. The highest BCUT2D eigenvalue weighted by atomic mass is 32.2. The van der Waals surface area contributed by atoms with Gasteiger partial charge in [0.2, 0.25) is 0 Å². The van der Waals surface area contributed by atoms with Gasteiger partial charge in [-0.05, 0) is 90.7 Å². The molecule has 2 nitrogen and oxygen atoms in total. The van der Waals surface area contributed by atoms with Gasteiger partial charge in [0.1, 0.15) is 0 Å². The summed E-state index contributed by atoms with van der Waals surface area (Å²) < 4.78 is 0. The van der Waals surface area contributed by atoms with Crippen LogP contribution in [0.1, 0.15) is 47.8 Å². The summed E-state index contributed by atoms with van der Waals surface area (Å²) in [5, 5.41) is 0.0682. The lowest BCUT2D eigenvalue weighted by molar-refractivity contribution is 0.266. The van der Waals surface area contributed by atoms with Crippen molar-refractivity contribution in [2.75, 3.05) is 11.9 Å². The Kier molecular flexibility index (Phi) is 3.68. The van der Waals surface area contributed by atoms with Crippen LogP contribution in [0, 0.1) is 6.92 Å². The van der Waals surface area contributed by atoms with E-state index < -0.39 is 0 Å². The molecule has 1 saturated carbocycles. The minimum Gasteiger partial charge on any atom is -0.306 e. The molecule has 1 fully saturated rings. The van der Waals surface area contributed by atoms with E-state index in [0.717, 1.165) is 22.4 Å². The standard InChI is InChI=1S/C20H21NOS/c1-13-4-3-5-16(10-13)21(2)20(22)23-17-8-9-18-14-6-7-15(11-14)19(18)12-17/h3-5,8-10,12,14-15H,6-7,11H2,1-2H3. The zero-order valence-corrected chi connectivity index (χ0v) is 14.4. The number of amides is 1. The molecule has 2 aliphatic carbocycles. The molecule has 2 aromatic carbocycles. The Morgan fingerprint density at radius 3 is 2.65 bits per heavy atom. The quantitative estimate of drug-likeness (QED) is 0.660. The maximum absolute atomic E-state index is 12.6. The topological polar surface area (TPSA) is 20.3 Å². The third-order valence-corrected chi connectivity index (χ3v) is 6.18. The van der Waals surface area contributed by atoms with Crippen molar-refractivity contribution in [1.82, 2.24) is 0 Å². The number of nitrogens with zero attached hydrogens (tertiary/aromatic N) is 1. The Morgan fingerprint density at radius 2 is 1.87 bits per heavy atom. The van der Waals surface area contributed by atoms with E-state index in [0.29, 0.717) is 0 Å². The fourth-order valence-corrected chi connectivity index (χ4v) is 4.77. The van der Waals surface area contributed by atoms with Crippen LogP contribution < -0.4 is 4.90 Å². The zero-order valence-electron chi connectivity index (χ0n) is 13.6. The maximum atomic E-state index is 12.6. The van der Waals surface area contributed by atoms with Crippen LogP contribution in [0.2, 0.25) is 0 Å². The summed E-state index contributed by atoms with van der Waals surface area (Å²) in [5.74, 6) is 1.51. The molecule has 3 heteroatoms. The summed E-state index contributed by atoms with van der Waals surface area (Å²) in [6.07, 6.45) is 3.99. The Bertz CT molecular complexity index is 770. The van der Waals surface area contributed by atoms with E-state index in [1.54, 1.807) is 4.90 Å². The minimum absolute atomic E-state index is 0.0682. The highest BCUT2D eigenvalue weighted by Crippen LogP contribution is 2.53. The van der Waals surface area contributed by atoms with E-state index in [9.17, 15) is 4.79 Å². The van der Waals surface area contributed by atoms with E-state index in [1.807, 2.05) is 38.2 Å².